The Labute approximate surface area is 178 Å². The van der Waals surface area contributed by atoms with E-state index in [2.05, 4.69) is 55.6 Å². The van der Waals surface area contributed by atoms with Crippen molar-refractivity contribution < 1.29 is 0 Å². The average Bonchev–Trinajstić information content (AvgIpc) is 3.15. The predicted octanol–water partition coefficient (Wildman–Crippen LogP) is 4.14. The molecule has 1 aromatic carbocycles. The van der Waals surface area contributed by atoms with Crippen molar-refractivity contribution >= 4 is 28.9 Å². The Balaban J connectivity index is 1.37. The normalized spacial score (nSPS) is 14.4. The fourth-order valence-electron chi connectivity index (χ4n) is 3.59. The van der Waals surface area contributed by atoms with Gasteiger partial charge in [-0.2, -0.15) is 10.2 Å². The maximum atomic E-state index is 8.91. The quantitative estimate of drug-likeness (QED) is 0.493. The van der Waals surface area contributed by atoms with Gasteiger partial charge >= 0.3 is 0 Å². The standard InChI is InChI=1S/C22H18ClN7/c23-20-8-7-18(11-25-20)26-22-27-21-19(2-1-9-30(21)28-22)17-5-3-15(4-6-17)12-29-13-16(10-24)14-29/h1-9,11,16H,12-14H2,(H,26,28). The number of likely N-dealkylation sites (tertiary alicyclic amines) is 1. The van der Waals surface area contributed by atoms with Gasteiger partial charge in [0.25, 0.3) is 0 Å². The lowest BCUT2D eigenvalue weighted by molar-refractivity contribution is 0.127. The largest absolute Gasteiger partial charge is 0.321 e. The Morgan fingerprint density at radius 2 is 1.97 bits per heavy atom. The van der Waals surface area contributed by atoms with Crippen LogP contribution in [0.25, 0.3) is 16.8 Å². The zero-order valence-corrected chi connectivity index (χ0v) is 16.8. The third-order valence-electron chi connectivity index (χ3n) is 5.16. The van der Waals surface area contributed by atoms with Crippen molar-refractivity contribution in [1.82, 2.24) is 24.5 Å². The lowest BCUT2D eigenvalue weighted by Crippen LogP contribution is -2.45. The molecule has 1 N–H and O–H groups in total. The van der Waals surface area contributed by atoms with Gasteiger partial charge in [0.1, 0.15) is 5.15 Å². The van der Waals surface area contributed by atoms with Crippen LogP contribution >= 0.6 is 11.6 Å². The molecular formula is C22H18ClN7. The summed E-state index contributed by atoms with van der Waals surface area (Å²) < 4.78 is 1.76. The van der Waals surface area contributed by atoms with Gasteiger partial charge in [0.15, 0.2) is 5.65 Å². The molecule has 0 saturated carbocycles. The smallest absolute Gasteiger partial charge is 0.247 e. The molecule has 0 bridgehead atoms. The molecule has 1 aliphatic rings. The average molecular weight is 416 g/mol. The number of rotatable bonds is 5. The molecule has 1 aliphatic heterocycles. The molecule has 4 heterocycles. The number of hydrogen-bond donors (Lipinski definition) is 1. The van der Waals surface area contributed by atoms with Crippen LogP contribution in [0, 0.1) is 17.2 Å². The van der Waals surface area contributed by atoms with Gasteiger partial charge in [-0.3, -0.25) is 4.90 Å². The van der Waals surface area contributed by atoms with Gasteiger partial charge in [0.05, 0.1) is 23.9 Å². The van der Waals surface area contributed by atoms with Crippen LogP contribution in [0.1, 0.15) is 5.56 Å². The van der Waals surface area contributed by atoms with Crippen molar-refractivity contribution in [1.29, 1.82) is 5.26 Å². The Morgan fingerprint density at radius 1 is 1.13 bits per heavy atom. The second kappa shape index (κ2) is 7.75. The molecular weight excluding hydrogens is 398 g/mol. The number of anilines is 2. The molecule has 4 aromatic rings. The maximum absolute atomic E-state index is 8.91. The summed E-state index contributed by atoms with van der Waals surface area (Å²) >= 11 is 5.84. The van der Waals surface area contributed by atoms with Gasteiger partial charge in [0.2, 0.25) is 5.95 Å². The van der Waals surface area contributed by atoms with Crippen LogP contribution in [0.2, 0.25) is 5.15 Å². The Hall–Kier alpha value is -3.47. The second-order valence-electron chi connectivity index (χ2n) is 7.34. The molecule has 8 heteroatoms. The van der Waals surface area contributed by atoms with Gasteiger partial charge in [-0.1, -0.05) is 35.9 Å². The molecule has 0 unspecified atom stereocenters. The minimum Gasteiger partial charge on any atom is -0.321 e. The SMILES string of the molecule is N#CC1CN(Cc2ccc(-c3cccn4nc(Nc5ccc(Cl)nc5)nc34)cc2)C1. The van der Waals surface area contributed by atoms with E-state index in [4.69, 9.17) is 16.9 Å². The zero-order valence-electron chi connectivity index (χ0n) is 16.0. The molecule has 1 fully saturated rings. The lowest BCUT2D eigenvalue weighted by Gasteiger charge is -2.35. The molecule has 5 rings (SSSR count). The fourth-order valence-corrected chi connectivity index (χ4v) is 3.70. The number of halogens is 1. The summed E-state index contributed by atoms with van der Waals surface area (Å²) in [6.07, 6.45) is 3.52. The van der Waals surface area contributed by atoms with Crippen molar-refractivity contribution in [3.63, 3.8) is 0 Å². The molecule has 1 saturated heterocycles. The summed E-state index contributed by atoms with van der Waals surface area (Å²) in [6.45, 7) is 2.59. The summed E-state index contributed by atoms with van der Waals surface area (Å²) in [5.41, 5.74) is 4.86. The van der Waals surface area contributed by atoms with Crippen LogP contribution in [0.5, 0.6) is 0 Å². The number of nitrogens with zero attached hydrogens (tertiary/aromatic N) is 6. The fraction of sp³-hybridized carbons (Fsp3) is 0.182. The van der Waals surface area contributed by atoms with E-state index in [9.17, 15) is 0 Å². The van der Waals surface area contributed by atoms with Gasteiger partial charge in [0, 0.05) is 31.4 Å². The molecule has 0 spiro atoms. The molecule has 0 aliphatic carbocycles. The summed E-state index contributed by atoms with van der Waals surface area (Å²) in [6, 6.07) is 18.3. The number of hydrogen-bond acceptors (Lipinski definition) is 6. The number of nitriles is 1. The first-order valence-electron chi connectivity index (χ1n) is 9.63. The maximum Gasteiger partial charge on any atom is 0.247 e. The van der Waals surface area contributed by atoms with Crippen LogP contribution in [0.15, 0.2) is 60.9 Å². The van der Waals surface area contributed by atoms with Gasteiger partial charge in [-0.15, -0.1) is 5.10 Å². The summed E-state index contributed by atoms with van der Waals surface area (Å²) in [5, 5.41) is 17.0. The highest BCUT2D eigenvalue weighted by molar-refractivity contribution is 6.29. The van der Waals surface area contributed by atoms with E-state index in [1.54, 1.807) is 16.8 Å². The number of aromatic nitrogens is 4. The molecule has 0 amide bonds. The number of pyridine rings is 2. The number of benzene rings is 1. The molecule has 30 heavy (non-hydrogen) atoms. The minimum absolute atomic E-state index is 0.182. The first-order valence-corrected chi connectivity index (χ1v) is 10.0. The van der Waals surface area contributed by atoms with Gasteiger partial charge in [-0.05, 0) is 35.4 Å². The molecule has 0 atom stereocenters. The molecule has 0 radical (unpaired) electrons. The third kappa shape index (κ3) is 3.71. The Kier molecular flexibility index (Phi) is 4.79. The lowest BCUT2D eigenvalue weighted by atomic mass is 10.00. The van der Waals surface area contributed by atoms with E-state index in [-0.39, 0.29) is 5.92 Å². The first kappa shape index (κ1) is 18.6. The number of fused-ring (bicyclic) bond motifs is 1. The second-order valence-corrected chi connectivity index (χ2v) is 7.72. The highest BCUT2D eigenvalue weighted by atomic mass is 35.5. The van der Waals surface area contributed by atoms with Crippen molar-refractivity contribution in [2.45, 2.75) is 6.54 Å². The highest BCUT2D eigenvalue weighted by Crippen LogP contribution is 2.26. The Bertz CT molecular complexity index is 1220. The van der Waals surface area contributed by atoms with E-state index in [1.807, 2.05) is 24.4 Å². The van der Waals surface area contributed by atoms with Crippen LogP contribution in [-0.2, 0) is 6.54 Å². The van der Waals surface area contributed by atoms with Crippen LogP contribution in [0.3, 0.4) is 0 Å². The predicted molar refractivity (Wildman–Crippen MR) is 115 cm³/mol. The van der Waals surface area contributed by atoms with E-state index in [1.165, 1.54) is 5.56 Å². The van der Waals surface area contributed by atoms with Crippen molar-refractivity contribution in [3.05, 3.63) is 71.6 Å². The van der Waals surface area contributed by atoms with Crippen molar-refractivity contribution in [3.8, 4) is 17.2 Å². The van der Waals surface area contributed by atoms with Crippen molar-refractivity contribution in [2.75, 3.05) is 18.4 Å². The van der Waals surface area contributed by atoms with E-state index < -0.39 is 0 Å². The molecule has 148 valence electrons. The number of nitrogens with one attached hydrogen (secondary N) is 1. The third-order valence-corrected chi connectivity index (χ3v) is 5.38. The van der Waals surface area contributed by atoms with Crippen molar-refractivity contribution in [2.24, 2.45) is 5.92 Å². The summed E-state index contributed by atoms with van der Waals surface area (Å²) in [5.74, 6) is 0.675. The zero-order chi connectivity index (χ0) is 20.5. The molecule has 3 aromatic heterocycles. The highest BCUT2D eigenvalue weighted by Gasteiger charge is 2.25. The van der Waals surface area contributed by atoms with Gasteiger partial charge in [-0.25, -0.2) is 9.50 Å². The van der Waals surface area contributed by atoms with Gasteiger partial charge < -0.3 is 5.32 Å². The summed E-state index contributed by atoms with van der Waals surface area (Å²) in [4.78, 5) is 11.0. The monoisotopic (exact) mass is 415 g/mol. The van der Waals surface area contributed by atoms with E-state index in [0.717, 1.165) is 42.1 Å². The first-order chi connectivity index (χ1) is 14.7. The van der Waals surface area contributed by atoms with E-state index in [0.29, 0.717) is 11.1 Å². The Morgan fingerprint density at radius 3 is 2.70 bits per heavy atom. The topological polar surface area (TPSA) is 82.1 Å². The summed E-state index contributed by atoms with van der Waals surface area (Å²) in [7, 11) is 0. The minimum atomic E-state index is 0.182. The van der Waals surface area contributed by atoms with Crippen LogP contribution in [-0.4, -0.2) is 37.6 Å². The van der Waals surface area contributed by atoms with E-state index >= 15 is 0 Å². The van der Waals surface area contributed by atoms with Crippen LogP contribution in [0.4, 0.5) is 11.6 Å². The molecule has 7 nitrogen and oxygen atoms in total. The van der Waals surface area contributed by atoms with Crippen LogP contribution < -0.4 is 5.32 Å².